The third-order valence-electron chi connectivity index (χ3n) is 1.75. The summed E-state index contributed by atoms with van der Waals surface area (Å²) in [5.74, 6) is 0. The number of hydrogen-bond donors (Lipinski definition) is 0. The molecule has 0 aromatic carbocycles. The van der Waals surface area contributed by atoms with Gasteiger partial charge in [0.25, 0.3) is 0 Å². The van der Waals surface area contributed by atoms with E-state index in [1.54, 1.807) is 13.8 Å². The molecule has 0 atom stereocenters. The molecule has 0 N–H and O–H groups in total. The van der Waals surface area contributed by atoms with E-state index in [4.69, 9.17) is 22.6 Å². The van der Waals surface area contributed by atoms with E-state index >= 15 is 0 Å². The molecule has 0 aliphatic carbocycles. The maximum atomic E-state index is 11.8. The molecule has 0 amide bonds. The molecule has 7 nitrogen and oxygen atoms in total. The van der Waals surface area contributed by atoms with Gasteiger partial charge in [0.05, 0.1) is 25.6 Å². The first-order chi connectivity index (χ1) is 8.45. The van der Waals surface area contributed by atoms with E-state index in [0.29, 0.717) is 0 Å². The van der Waals surface area contributed by atoms with Crippen molar-refractivity contribution in [3.63, 3.8) is 0 Å². The Morgan fingerprint density at radius 2 is 1.50 bits per heavy atom. The van der Waals surface area contributed by atoms with Crippen LogP contribution in [0.25, 0.3) is 0 Å². The quantitative estimate of drug-likeness (QED) is 0.453. The summed E-state index contributed by atoms with van der Waals surface area (Å²) < 4.78 is 47.5. The smallest absolute Gasteiger partial charge is 0.412 e. The van der Waals surface area contributed by atoms with Crippen LogP contribution in [0.3, 0.4) is 0 Å². The fraction of sp³-hybridized carbons (Fsp3) is 0.778. The van der Waals surface area contributed by atoms with Gasteiger partial charge in [-0.25, -0.2) is 4.57 Å². The second-order valence-corrected chi connectivity index (χ2v) is 6.86. The van der Waals surface area contributed by atoms with E-state index in [2.05, 4.69) is 0 Å². The Bertz CT molecular complexity index is 324. The van der Waals surface area contributed by atoms with Crippen molar-refractivity contribution in [2.75, 3.05) is 33.6 Å². The third-order valence-corrected chi connectivity index (χ3v) is 5.05. The zero-order valence-electron chi connectivity index (χ0n) is 11.0. The minimum Gasteiger partial charge on any atom is -0.412 e. The Morgan fingerprint density at radius 1 is 1.00 bits per heavy atom. The van der Waals surface area contributed by atoms with Gasteiger partial charge in [-0.2, -0.15) is 0 Å². The Hall–Kier alpha value is -0.160. The van der Waals surface area contributed by atoms with Crippen molar-refractivity contribution >= 4 is 15.4 Å². The number of rotatable bonds is 10. The molecule has 18 heavy (non-hydrogen) atoms. The van der Waals surface area contributed by atoms with Crippen LogP contribution in [0, 0.1) is 0 Å². The van der Waals surface area contributed by atoms with E-state index in [1.807, 2.05) is 0 Å². The molecule has 0 heterocycles. The highest BCUT2D eigenvalue weighted by Gasteiger charge is 2.25. The predicted octanol–water partition coefficient (Wildman–Crippen LogP) is 3.18. The van der Waals surface area contributed by atoms with E-state index < -0.39 is 15.4 Å². The van der Waals surface area contributed by atoms with E-state index in [0.717, 1.165) is 6.26 Å². The van der Waals surface area contributed by atoms with Gasteiger partial charge in [0.2, 0.25) is 0 Å². The van der Waals surface area contributed by atoms with Crippen molar-refractivity contribution in [2.24, 2.45) is 0 Å². The molecule has 0 saturated carbocycles. The Kier molecular flexibility index (Phi) is 8.78. The van der Waals surface area contributed by atoms with Crippen molar-refractivity contribution in [3.8, 4) is 0 Å². The van der Waals surface area contributed by atoms with Crippen molar-refractivity contribution in [3.05, 3.63) is 12.3 Å². The SMILES string of the molecule is CCOP(=O)(O/C=C/CP(=O)(OC)OC)OCC. The number of phosphoric ester groups is 1. The van der Waals surface area contributed by atoms with Crippen LogP contribution in [0.2, 0.25) is 0 Å². The number of allylic oxidation sites excluding steroid dienone is 1. The largest absolute Gasteiger partial charge is 0.529 e. The van der Waals surface area contributed by atoms with Crippen LogP contribution in [0.4, 0.5) is 0 Å². The van der Waals surface area contributed by atoms with Crippen molar-refractivity contribution in [1.82, 2.24) is 0 Å². The van der Waals surface area contributed by atoms with E-state index in [9.17, 15) is 9.13 Å². The van der Waals surface area contributed by atoms with Crippen molar-refractivity contribution in [1.29, 1.82) is 0 Å². The molecule has 0 aromatic heterocycles. The summed E-state index contributed by atoms with van der Waals surface area (Å²) in [6.07, 6.45) is 2.48. The molecule has 0 unspecified atom stereocenters. The van der Waals surface area contributed by atoms with Gasteiger partial charge < -0.3 is 13.6 Å². The van der Waals surface area contributed by atoms with Gasteiger partial charge in [0, 0.05) is 14.2 Å². The second kappa shape index (κ2) is 8.86. The van der Waals surface area contributed by atoms with Crippen LogP contribution in [0.15, 0.2) is 12.3 Å². The Balaban J connectivity index is 4.36. The lowest BCUT2D eigenvalue weighted by Gasteiger charge is -2.14. The molecular weight excluding hydrogens is 282 g/mol. The summed E-state index contributed by atoms with van der Waals surface area (Å²) in [7, 11) is -4.14. The molecular formula is C9H20O7P2. The summed E-state index contributed by atoms with van der Waals surface area (Å²) >= 11 is 0. The fourth-order valence-corrected chi connectivity index (χ4v) is 2.78. The normalized spacial score (nSPS) is 13.1. The molecule has 9 heteroatoms. The molecule has 0 bridgehead atoms. The molecule has 0 rings (SSSR count). The minimum absolute atomic E-state index is 0.00174. The first-order valence-corrected chi connectivity index (χ1v) is 8.57. The highest BCUT2D eigenvalue weighted by Crippen LogP contribution is 2.50. The van der Waals surface area contributed by atoms with Crippen molar-refractivity contribution < 1.29 is 31.7 Å². The van der Waals surface area contributed by atoms with Gasteiger partial charge in [-0.05, 0) is 19.9 Å². The Morgan fingerprint density at radius 3 is 1.89 bits per heavy atom. The summed E-state index contributed by atoms with van der Waals surface area (Å²) in [5, 5.41) is 0. The summed E-state index contributed by atoms with van der Waals surface area (Å²) in [6, 6.07) is 0. The monoisotopic (exact) mass is 302 g/mol. The molecule has 0 saturated heterocycles. The van der Waals surface area contributed by atoms with Crippen LogP contribution >= 0.6 is 15.4 Å². The first-order valence-electron chi connectivity index (χ1n) is 5.38. The lowest BCUT2D eigenvalue weighted by molar-refractivity contribution is 0.153. The molecule has 0 aromatic rings. The third kappa shape index (κ3) is 6.69. The first kappa shape index (κ1) is 17.8. The van der Waals surface area contributed by atoms with Crippen LogP contribution in [-0.4, -0.2) is 33.6 Å². The zero-order chi connectivity index (χ0) is 14.1. The van der Waals surface area contributed by atoms with Crippen LogP contribution in [0.5, 0.6) is 0 Å². The molecule has 0 aliphatic rings. The average Bonchev–Trinajstić information content (AvgIpc) is 2.35. The maximum Gasteiger partial charge on any atom is 0.529 e. The fourth-order valence-electron chi connectivity index (χ4n) is 0.928. The lowest BCUT2D eigenvalue weighted by atomic mass is 10.7. The van der Waals surface area contributed by atoms with E-state index in [-0.39, 0.29) is 19.4 Å². The minimum atomic E-state index is -3.58. The number of hydrogen-bond acceptors (Lipinski definition) is 7. The molecule has 0 radical (unpaired) electrons. The van der Waals surface area contributed by atoms with Gasteiger partial charge in [-0.3, -0.25) is 13.6 Å². The molecule has 0 spiro atoms. The van der Waals surface area contributed by atoms with Crippen LogP contribution in [-0.2, 0) is 31.7 Å². The van der Waals surface area contributed by atoms with Gasteiger partial charge in [0.1, 0.15) is 0 Å². The van der Waals surface area contributed by atoms with Gasteiger partial charge in [0.15, 0.2) is 0 Å². The predicted molar refractivity (Wildman–Crippen MR) is 67.6 cm³/mol. The lowest BCUT2D eigenvalue weighted by Crippen LogP contribution is -1.97. The standard InChI is InChI=1S/C9H20O7P2/c1-5-14-18(11,15-6-2)16-8-7-9-17(10,12-3)13-4/h7-8H,5-6,9H2,1-4H3/b8-7+. The van der Waals surface area contributed by atoms with Crippen LogP contribution in [0.1, 0.15) is 13.8 Å². The summed E-state index contributed by atoms with van der Waals surface area (Å²) in [6.45, 7) is 3.73. The topological polar surface area (TPSA) is 80.3 Å². The zero-order valence-corrected chi connectivity index (χ0v) is 12.8. The average molecular weight is 302 g/mol. The van der Waals surface area contributed by atoms with Crippen LogP contribution < -0.4 is 0 Å². The van der Waals surface area contributed by atoms with Crippen molar-refractivity contribution in [2.45, 2.75) is 13.8 Å². The van der Waals surface area contributed by atoms with E-state index in [1.165, 1.54) is 20.3 Å². The number of phosphoric acid groups is 1. The van der Waals surface area contributed by atoms with Gasteiger partial charge in [-0.15, -0.1) is 0 Å². The van der Waals surface area contributed by atoms with Gasteiger partial charge in [-0.1, -0.05) is 0 Å². The Labute approximate surface area is 108 Å². The summed E-state index contributed by atoms with van der Waals surface area (Å²) in [4.78, 5) is 0. The molecule has 108 valence electrons. The highest BCUT2D eigenvalue weighted by atomic mass is 31.2. The maximum absolute atomic E-state index is 11.8. The summed E-state index contributed by atoms with van der Waals surface area (Å²) in [5.41, 5.74) is 0. The molecule has 0 aliphatic heterocycles. The molecule has 0 fully saturated rings. The second-order valence-electron chi connectivity index (χ2n) is 2.92. The highest BCUT2D eigenvalue weighted by molar-refractivity contribution is 7.54. The van der Waals surface area contributed by atoms with Gasteiger partial charge >= 0.3 is 15.4 Å².